The highest BCUT2D eigenvalue weighted by Gasteiger charge is 2.31. The van der Waals surface area contributed by atoms with Gasteiger partial charge in [0.1, 0.15) is 4.21 Å². The highest BCUT2D eigenvalue weighted by molar-refractivity contribution is 7.91. The predicted molar refractivity (Wildman–Crippen MR) is 86.4 cm³/mol. The summed E-state index contributed by atoms with van der Waals surface area (Å²) in [5.74, 6) is 0.0222. The summed E-state index contributed by atoms with van der Waals surface area (Å²) in [6, 6.07) is 12.7. The van der Waals surface area contributed by atoms with Crippen LogP contribution in [-0.4, -0.2) is 27.4 Å². The number of amides is 1. The summed E-state index contributed by atoms with van der Waals surface area (Å²) in [7, 11) is -3.47. The molecule has 3 rings (SSSR count). The maximum absolute atomic E-state index is 12.1. The van der Waals surface area contributed by atoms with E-state index in [0.717, 1.165) is 5.69 Å². The monoisotopic (exact) mass is 336 g/mol. The van der Waals surface area contributed by atoms with Crippen LogP contribution in [-0.2, 0) is 14.8 Å². The van der Waals surface area contributed by atoms with Crippen LogP contribution in [0.25, 0.3) is 0 Å². The van der Waals surface area contributed by atoms with Crippen molar-refractivity contribution in [2.45, 2.75) is 10.6 Å². The molecule has 2 heterocycles. The first-order valence-electron chi connectivity index (χ1n) is 6.95. The van der Waals surface area contributed by atoms with Crippen molar-refractivity contribution >= 4 is 33.0 Å². The molecular formula is C15H16N2O3S2. The fourth-order valence-corrected chi connectivity index (χ4v) is 4.64. The molecule has 1 aromatic carbocycles. The molecule has 0 aliphatic carbocycles. The van der Waals surface area contributed by atoms with Crippen molar-refractivity contribution in [3.8, 4) is 0 Å². The highest BCUT2D eigenvalue weighted by Crippen LogP contribution is 2.25. The minimum absolute atomic E-state index is 0.0116. The largest absolute Gasteiger partial charge is 0.312 e. The standard InChI is InChI=1S/C15H16N2O3S2/c18-14-9-12(11-17(14)13-5-2-1-3-6-13)10-16-22(19,20)15-7-4-8-21-15/h1-8,12,16H,9-11H2/t12-/m0/s1. The summed E-state index contributed by atoms with van der Waals surface area (Å²) in [4.78, 5) is 13.8. The molecule has 1 amide bonds. The van der Waals surface area contributed by atoms with E-state index in [4.69, 9.17) is 0 Å². The Morgan fingerprint density at radius 2 is 1.95 bits per heavy atom. The second-order valence-electron chi connectivity index (χ2n) is 5.19. The van der Waals surface area contributed by atoms with E-state index in [0.29, 0.717) is 17.2 Å². The van der Waals surface area contributed by atoms with E-state index >= 15 is 0 Å². The Balaban J connectivity index is 1.63. The third-order valence-electron chi connectivity index (χ3n) is 3.59. The number of benzene rings is 1. The highest BCUT2D eigenvalue weighted by atomic mass is 32.2. The van der Waals surface area contributed by atoms with Crippen LogP contribution in [0.2, 0.25) is 0 Å². The van der Waals surface area contributed by atoms with Crippen LogP contribution in [0.4, 0.5) is 5.69 Å². The van der Waals surface area contributed by atoms with Gasteiger partial charge in [0, 0.05) is 25.2 Å². The Labute approximate surface area is 133 Å². The number of carbonyl (C=O) groups is 1. The number of anilines is 1. The van der Waals surface area contributed by atoms with Gasteiger partial charge in [-0.3, -0.25) is 4.79 Å². The van der Waals surface area contributed by atoms with Crippen LogP contribution in [0.5, 0.6) is 0 Å². The van der Waals surface area contributed by atoms with Crippen molar-refractivity contribution < 1.29 is 13.2 Å². The van der Waals surface area contributed by atoms with Crippen molar-refractivity contribution in [1.82, 2.24) is 4.72 Å². The van der Waals surface area contributed by atoms with Gasteiger partial charge in [-0.05, 0) is 29.5 Å². The summed E-state index contributed by atoms with van der Waals surface area (Å²) in [6.07, 6.45) is 0.363. The van der Waals surface area contributed by atoms with Gasteiger partial charge in [0.25, 0.3) is 0 Å². The molecule has 1 aromatic heterocycles. The fraction of sp³-hybridized carbons (Fsp3) is 0.267. The predicted octanol–water partition coefficient (Wildman–Crippen LogP) is 2.08. The van der Waals surface area contributed by atoms with Gasteiger partial charge >= 0.3 is 0 Å². The smallest absolute Gasteiger partial charge is 0.250 e. The molecule has 1 aliphatic heterocycles. The van der Waals surface area contributed by atoms with Crippen LogP contribution in [0, 0.1) is 5.92 Å². The maximum Gasteiger partial charge on any atom is 0.250 e. The van der Waals surface area contributed by atoms with Crippen molar-refractivity contribution in [1.29, 1.82) is 0 Å². The molecule has 1 fully saturated rings. The maximum atomic E-state index is 12.1. The number of nitrogens with zero attached hydrogens (tertiary/aromatic N) is 1. The van der Waals surface area contributed by atoms with E-state index < -0.39 is 10.0 Å². The van der Waals surface area contributed by atoms with Gasteiger partial charge in [-0.15, -0.1) is 11.3 Å². The topological polar surface area (TPSA) is 66.5 Å². The normalized spacial score (nSPS) is 18.8. The summed E-state index contributed by atoms with van der Waals surface area (Å²) in [5, 5.41) is 1.73. The van der Waals surface area contributed by atoms with Gasteiger partial charge < -0.3 is 4.90 Å². The molecule has 0 saturated carbocycles. The lowest BCUT2D eigenvalue weighted by atomic mass is 10.1. The van der Waals surface area contributed by atoms with Crippen molar-refractivity contribution in [2.75, 3.05) is 18.0 Å². The SMILES string of the molecule is O=C1C[C@@H](CNS(=O)(=O)c2cccs2)CN1c1ccccc1. The molecule has 1 N–H and O–H groups in total. The van der Waals surface area contributed by atoms with E-state index in [2.05, 4.69) is 4.72 Å². The minimum atomic E-state index is -3.47. The zero-order chi connectivity index (χ0) is 15.6. The Hall–Kier alpha value is -1.70. The number of hydrogen-bond acceptors (Lipinski definition) is 4. The van der Waals surface area contributed by atoms with E-state index in [-0.39, 0.29) is 18.4 Å². The molecule has 0 spiro atoms. The first kappa shape index (κ1) is 15.2. The number of hydrogen-bond donors (Lipinski definition) is 1. The van der Waals surface area contributed by atoms with Gasteiger partial charge in [-0.25, -0.2) is 13.1 Å². The quantitative estimate of drug-likeness (QED) is 0.909. The van der Waals surface area contributed by atoms with Crippen LogP contribution in [0.15, 0.2) is 52.1 Å². The van der Waals surface area contributed by atoms with Gasteiger partial charge in [0.05, 0.1) is 0 Å². The van der Waals surface area contributed by atoms with E-state index in [9.17, 15) is 13.2 Å². The molecule has 116 valence electrons. The molecule has 1 atom stereocenters. The van der Waals surface area contributed by atoms with Crippen LogP contribution in [0.1, 0.15) is 6.42 Å². The summed E-state index contributed by atoms with van der Waals surface area (Å²) >= 11 is 1.18. The van der Waals surface area contributed by atoms with Crippen molar-refractivity contribution in [3.05, 3.63) is 47.8 Å². The number of rotatable bonds is 5. The summed E-state index contributed by atoms with van der Waals surface area (Å²) in [6.45, 7) is 0.811. The molecule has 0 unspecified atom stereocenters. The van der Waals surface area contributed by atoms with Crippen molar-refractivity contribution in [3.63, 3.8) is 0 Å². The van der Waals surface area contributed by atoms with Crippen LogP contribution >= 0.6 is 11.3 Å². The van der Waals surface area contributed by atoms with Gasteiger partial charge in [-0.1, -0.05) is 24.3 Å². The molecule has 1 saturated heterocycles. The van der Waals surface area contributed by atoms with Crippen LogP contribution in [0.3, 0.4) is 0 Å². The molecule has 7 heteroatoms. The minimum Gasteiger partial charge on any atom is -0.312 e. The summed E-state index contributed by atoms with van der Waals surface area (Å²) in [5.41, 5.74) is 0.858. The molecule has 0 radical (unpaired) electrons. The lowest BCUT2D eigenvalue weighted by Gasteiger charge is -2.16. The van der Waals surface area contributed by atoms with Gasteiger partial charge in [0.2, 0.25) is 15.9 Å². The Bertz CT molecular complexity index is 742. The van der Waals surface area contributed by atoms with Crippen molar-refractivity contribution in [2.24, 2.45) is 5.92 Å². The zero-order valence-electron chi connectivity index (χ0n) is 11.8. The van der Waals surface area contributed by atoms with Gasteiger partial charge in [-0.2, -0.15) is 0 Å². The first-order valence-corrected chi connectivity index (χ1v) is 9.31. The molecule has 5 nitrogen and oxygen atoms in total. The van der Waals surface area contributed by atoms with Crippen LogP contribution < -0.4 is 9.62 Å². The number of thiophene rings is 1. The molecular weight excluding hydrogens is 320 g/mol. The third kappa shape index (κ3) is 3.21. The van der Waals surface area contributed by atoms with E-state index in [1.165, 1.54) is 11.3 Å². The molecule has 1 aliphatic rings. The van der Waals surface area contributed by atoms with Gasteiger partial charge in [0.15, 0.2) is 0 Å². The van der Waals surface area contributed by atoms with E-state index in [1.54, 1.807) is 22.4 Å². The zero-order valence-corrected chi connectivity index (χ0v) is 13.4. The Kier molecular flexibility index (Phi) is 4.28. The molecule has 22 heavy (non-hydrogen) atoms. The number of para-hydroxylation sites is 1. The number of carbonyl (C=O) groups excluding carboxylic acids is 1. The average molecular weight is 336 g/mol. The first-order chi connectivity index (χ1) is 10.6. The third-order valence-corrected chi connectivity index (χ3v) is 6.42. The second-order valence-corrected chi connectivity index (χ2v) is 8.14. The Morgan fingerprint density at radius 3 is 2.64 bits per heavy atom. The molecule has 0 bridgehead atoms. The number of nitrogens with one attached hydrogen (secondary N) is 1. The van der Waals surface area contributed by atoms with E-state index in [1.807, 2.05) is 30.3 Å². The average Bonchev–Trinajstić information content (AvgIpc) is 3.16. The fourth-order valence-electron chi connectivity index (χ4n) is 2.49. The second kappa shape index (κ2) is 6.20. The molecule has 2 aromatic rings. The lowest BCUT2D eigenvalue weighted by Crippen LogP contribution is -2.31. The lowest BCUT2D eigenvalue weighted by molar-refractivity contribution is -0.117. The Morgan fingerprint density at radius 1 is 1.18 bits per heavy atom. The number of sulfonamides is 1. The summed E-state index contributed by atoms with van der Waals surface area (Å²) < 4.78 is 27.1.